The highest BCUT2D eigenvalue weighted by Crippen LogP contribution is 2.44. The van der Waals surface area contributed by atoms with Crippen LogP contribution < -0.4 is 5.32 Å². The van der Waals surface area contributed by atoms with Gasteiger partial charge in [-0.3, -0.25) is 0 Å². The highest BCUT2D eigenvalue weighted by molar-refractivity contribution is 7.19. The second kappa shape index (κ2) is 8.06. The zero-order valence-corrected chi connectivity index (χ0v) is 18.6. The molecule has 4 nitrogen and oxygen atoms in total. The molecule has 1 saturated carbocycles. The third kappa shape index (κ3) is 4.55. The van der Waals surface area contributed by atoms with Crippen LogP contribution in [0.2, 0.25) is 0 Å². The van der Waals surface area contributed by atoms with Crippen LogP contribution in [0.5, 0.6) is 0 Å². The van der Waals surface area contributed by atoms with Crippen molar-refractivity contribution in [3.05, 3.63) is 52.2 Å². The molecular weight excluding hydrogens is 423 g/mol. The number of hydrogen-bond acceptors (Lipinski definition) is 5. The zero-order valence-electron chi connectivity index (χ0n) is 17.8. The largest absolute Gasteiger partial charge is 0.416 e. The Hall–Kier alpha value is -2.19. The van der Waals surface area contributed by atoms with Crippen molar-refractivity contribution in [1.82, 2.24) is 9.97 Å². The number of rotatable bonds is 4. The average molecular weight is 450 g/mol. The first-order valence-electron chi connectivity index (χ1n) is 10.5. The number of benzene rings is 1. The first-order valence-corrected chi connectivity index (χ1v) is 11.3. The van der Waals surface area contributed by atoms with E-state index in [0.717, 1.165) is 52.9 Å². The smallest absolute Gasteiger partial charge is 0.384 e. The van der Waals surface area contributed by atoms with Crippen molar-refractivity contribution >= 4 is 27.4 Å². The summed E-state index contributed by atoms with van der Waals surface area (Å²) >= 11 is 1.47. The number of thiophene rings is 1. The molecule has 0 amide bonds. The van der Waals surface area contributed by atoms with Crippen LogP contribution in [0.25, 0.3) is 10.2 Å². The highest BCUT2D eigenvalue weighted by Gasteiger charge is 2.35. The van der Waals surface area contributed by atoms with Crippen LogP contribution in [0.3, 0.4) is 0 Å². The first kappa shape index (κ1) is 22.0. The molecule has 3 aromatic rings. The van der Waals surface area contributed by atoms with Gasteiger partial charge in [0.15, 0.2) is 0 Å². The van der Waals surface area contributed by atoms with Gasteiger partial charge in [-0.15, -0.1) is 11.3 Å². The lowest BCUT2D eigenvalue weighted by atomic mass is 9.79. The fourth-order valence-corrected chi connectivity index (χ4v) is 5.33. The van der Waals surface area contributed by atoms with Gasteiger partial charge in [0.2, 0.25) is 0 Å². The molecule has 2 N–H and O–H groups in total. The van der Waals surface area contributed by atoms with E-state index >= 15 is 0 Å². The SMILES string of the molecule is Cc1nc(N[C@H](C)c2cccc(C(F)(F)F)c2)c2sc([C@]3(O)CC[C@@H](C)CC3)cc2n1. The molecule has 2 aromatic heterocycles. The van der Waals surface area contributed by atoms with Gasteiger partial charge in [0.1, 0.15) is 11.6 Å². The van der Waals surface area contributed by atoms with E-state index in [2.05, 4.69) is 22.2 Å². The van der Waals surface area contributed by atoms with Crippen molar-refractivity contribution in [2.24, 2.45) is 5.92 Å². The van der Waals surface area contributed by atoms with Crippen LogP contribution in [0, 0.1) is 12.8 Å². The number of aliphatic hydroxyl groups is 1. The molecule has 4 rings (SSSR count). The summed E-state index contributed by atoms with van der Waals surface area (Å²) in [6.07, 6.45) is -0.988. The number of anilines is 1. The lowest BCUT2D eigenvalue weighted by Gasteiger charge is -2.34. The third-order valence-electron chi connectivity index (χ3n) is 6.11. The van der Waals surface area contributed by atoms with Gasteiger partial charge in [0, 0.05) is 4.88 Å². The Morgan fingerprint density at radius 2 is 1.90 bits per heavy atom. The maximum absolute atomic E-state index is 13.1. The molecular formula is C23H26F3N3OS. The molecule has 8 heteroatoms. The van der Waals surface area contributed by atoms with Crippen LogP contribution >= 0.6 is 11.3 Å². The van der Waals surface area contributed by atoms with Gasteiger partial charge < -0.3 is 10.4 Å². The number of nitrogens with zero attached hydrogens (tertiary/aromatic N) is 2. The molecule has 0 radical (unpaired) electrons. The van der Waals surface area contributed by atoms with Gasteiger partial charge in [0.05, 0.1) is 27.4 Å². The number of halogens is 3. The van der Waals surface area contributed by atoms with Gasteiger partial charge in [-0.25, -0.2) is 9.97 Å². The van der Waals surface area contributed by atoms with E-state index in [1.807, 2.05) is 13.0 Å². The van der Waals surface area contributed by atoms with Crippen molar-refractivity contribution in [2.75, 3.05) is 5.32 Å². The molecule has 166 valence electrons. The van der Waals surface area contributed by atoms with E-state index in [0.29, 0.717) is 23.1 Å². The second-order valence-corrected chi connectivity index (χ2v) is 9.70. The molecule has 1 aliphatic rings. The summed E-state index contributed by atoms with van der Waals surface area (Å²) in [6, 6.07) is 6.87. The molecule has 0 unspecified atom stereocenters. The van der Waals surface area contributed by atoms with Crippen molar-refractivity contribution in [3.8, 4) is 0 Å². The standard InChI is InChI=1S/C23H26F3N3OS/c1-13-7-9-22(30,10-8-13)19-12-18-20(31-19)21(29-15(3)28-18)27-14(2)16-5-4-6-17(11-16)23(24,25)26/h4-6,11-14,30H,7-10H2,1-3H3,(H,27,28,29)/t13-,14-,22+/m1/s1. The van der Waals surface area contributed by atoms with Crippen LogP contribution in [0.15, 0.2) is 30.3 Å². The predicted molar refractivity (Wildman–Crippen MR) is 117 cm³/mol. The molecule has 1 aliphatic carbocycles. The van der Waals surface area contributed by atoms with Crippen molar-refractivity contribution < 1.29 is 18.3 Å². The van der Waals surface area contributed by atoms with Crippen LogP contribution in [-0.4, -0.2) is 15.1 Å². The minimum atomic E-state index is -4.38. The van der Waals surface area contributed by atoms with E-state index in [9.17, 15) is 18.3 Å². The number of nitrogens with one attached hydrogen (secondary N) is 1. The lowest BCUT2D eigenvalue weighted by molar-refractivity contribution is -0.137. The van der Waals surface area contributed by atoms with Gasteiger partial charge in [-0.2, -0.15) is 13.2 Å². The van der Waals surface area contributed by atoms with Crippen LogP contribution in [0.1, 0.15) is 67.4 Å². The van der Waals surface area contributed by atoms with Crippen LogP contribution in [-0.2, 0) is 11.8 Å². The molecule has 1 atom stereocenters. The fraction of sp³-hybridized carbons (Fsp3) is 0.478. The van der Waals surface area contributed by atoms with Crippen molar-refractivity contribution in [3.63, 3.8) is 0 Å². The van der Waals surface area contributed by atoms with E-state index in [1.54, 1.807) is 13.0 Å². The quantitative estimate of drug-likeness (QED) is 0.472. The lowest BCUT2D eigenvalue weighted by Crippen LogP contribution is -2.29. The number of aromatic nitrogens is 2. The zero-order chi connectivity index (χ0) is 22.4. The Bertz CT molecular complexity index is 1090. The summed E-state index contributed by atoms with van der Waals surface area (Å²) < 4.78 is 40.1. The molecule has 0 aliphatic heterocycles. The summed E-state index contributed by atoms with van der Waals surface area (Å²) in [5.74, 6) is 1.76. The Labute approximate surface area is 183 Å². The second-order valence-electron chi connectivity index (χ2n) is 8.65. The average Bonchev–Trinajstić information content (AvgIpc) is 3.15. The highest BCUT2D eigenvalue weighted by atomic mass is 32.1. The molecule has 0 saturated heterocycles. The minimum absolute atomic E-state index is 0.385. The number of hydrogen-bond donors (Lipinski definition) is 2. The molecule has 0 bridgehead atoms. The van der Waals surface area contributed by atoms with Crippen LogP contribution in [0.4, 0.5) is 19.0 Å². The van der Waals surface area contributed by atoms with Gasteiger partial charge >= 0.3 is 6.18 Å². The van der Waals surface area contributed by atoms with E-state index in [-0.39, 0.29) is 6.04 Å². The summed E-state index contributed by atoms with van der Waals surface area (Å²) in [4.78, 5) is 9.92. The minimum Gasteiger partial charge on any atom is -0.384 e. The Kier molecular flexibility index (Phi) is 5.72. The summed E-state index contributed by atoms with van der Waals surface area (Å²) in [5.41, 5.74) is -0.251. The molecule has 1 aromatic carbocycles. The Balaban J connectivity index is 1.66. The monoisotopic (exact) mass is 449 g/mol. The third-order valence-corrected chi connectivity index (χ3v) is 7.44. The Morgan fingerprint density at radius 3 is 2.58 bits per heavy atom. The molecule has 31 heavy (non-hydrogen) atoms. The van der Waals surface area contributed by atoms with E-state index in [4.69, 9.17) is 0 Å². The van der Waals surface area contributed by atoms with Gasteiger partial charge in [-0.1, -0.05) is 19.1 Å². The van der Waals surface area contributed by atoms with Gasteiger partial charge in [0.25, 0.3) is 0 Å². The molecule has 0 spiro atoms. The van der Waals surface area contributed by atoms with Gasteiger partial charge in [-0.05, 0) is 69.2 Å². The predicted octanol–water partition coefficient (Wildman–Crippen LogP) is 6.59. The number of fused-ring (bicyclic) bond motifs is 1. The van der Waals surface area contributed by atoms with Crippen molar-refractivity contribution in [2.45, 2.75) is 64.3 Å². The normalized spacial score (nSPS) is 23.1. The summed E-state index contributed by atoms with van der Waals surface area (Å²) in [7, 11) is 0. The maximum atomic E-state index is 13.1. The Morgan fingerprint density at radius 1 is 1.19 bits per heavy atom. The van der Waals surface area contributed by atoms with E-state index < -0.39 is 17.3 Å². The topological polar surface area (TPSA) is 58.0 Å². The summed E-state index contributed by atoms with van der Waals surface area (Å²) in [6.45, 7) is 5.80. The fourth-order valence-electron chi connectivity index (χ4n) is 4.13. The maximum Gasteiger partial charge on any atom is 0.416 e. The molecule has 1 fully saturated rings. The molecule has 2 heterocycles. The summed E-state index contributed by atoms with van der Waals surface area (Å²) in [5, 5.41) is 14.5. The number of aryl methyl sites for hydroxylation is 1. The van der Waals surface area contributed by atoms with E-state index in [1.165, 1.54) is 17.4 Å². The first-order chi connectivity index (χ1) is 14.5. The van der Waals surface area contributed by atoms with Crippen molar-refractivity contribution in [1.29, 1.82) is 0 Å². The number of alkyl halides is 3.